The van der Waals surface area contributed by atoms with E-state index in [2.05, 4.69) is 5.32 Å². The van der Waals surface area contributed by atoms with Crippen molar-refractivity contribution in [1.82, 2.24) is 4.90 Å². The van der Waals surface area contributed by atoms with Crippen LogP contribution in [-0.2, 0) is 11.3 Å². The zero-order chi connectivity index (χ0) is 19.4. The smallest absolute Gasteiger partial charge is 0.241 e. The molecule has 1 aliphatic rings. The van der Waals surface area contributed by atoms with E-state index in [-0.39, 0.29) is 18.7 Å². The molecule has 144 valence electrons. The van der Waals surface area contributed by atoms with Crippen molar-refractivity contribution < 1.29 is 23.7 Å². The molecule has 1 heterocycles. The number of carbonyl (C=O) groups is 1. The first kappa shape index (κ1) is 18.8. The summed E-state index contributed by atoms with van der Waals surface area (Å²) in [6.45, 7) is 2.72. The van der Waals surface area contributed by atoms with E-state index in [1.54, 1.807) is 32.4 Å². The van der Waals surface area contributed by atoms with Crippen molar-refractivity contribution >= 4 is 11.6 Å². The third-order valence-electron chi connectivity index (χ3n) is 4.56. The van der Waals surface area contributed by atoms with E-state index in [9.17, 15) is 4.79 Å². The molecule has 7 heteroatoms. The summed E-state index contributed by atoms with van der Waals surface area (Å²) in [4.78, 5) is 14.6. The lowest BCUT2D eigenvalue weighted by Crippen LogP contribution is -2.39. The maximum atomic E-state index is 12.6. The normalized spacial score (nSPS) is 13.4. The van der Waals surface area contributed by atoms with Crippen LogP contribution in [0, 0.1) is 0 Å². The molecule has 0 spiro atoms. The molecule has 1 aliphatic heterocycles. The lowest BCUT2D eigenvalue weighted by molar-refractivity contribution is -0.120. The number of carbonyl (C=O) groups excluding carboxylic acids is 1. The first-order valence-electron chi connectivity index (χ1n) is 8.63. The van der Waals surface area contributed by atoms with E-state index < -0.39 is 0 Å². The van der Waals surface area contributed by atoms with Crippen LogP contribution in [0.2, 0.25) is 0 Å². The SMILES string of the molecule is COc1ccc(NC(=O)[C@@H](C)N(C)Cc2ccc3c(c2)OCO3)cc1OC. The molecule has 1 N–H and O–H groups in total. The Bertz CT molecular complexity index is 824. The molecular formula is C20H24N2O5. The van der Waals surface area contributed by atoms with Gasteiger partial charge in [-0.05, 0) is 43.8 Å². The van der Waals surface area contributed by atoms with Crippen molar-refractivity contribution in [1.29, 1.82) is 0 Å². The summed E-state index contributed by atoms with van der Waals surface area (Å²) >= 11 is 0. The highest BCUT2D eigenvalue weighted by atomic mass is 16.7. The summed E-state index contributed by atoms with van der Waals surface area (Å²) in [5, 5.41) is 2.92. The van der Waals surface area contributed by atoms with E-state index in [0.717, 1.165) is 17.1 Å². The number of ether oxygens (including phenoxy) is 4. The zero-order valence-corrected chi connectivity index (χ0v) is 15.9. The van der Waals surface area contributed by atoms with Crippen LogP contribution in [0.4, 0.5) is 5.69 Å². The van der Waals surface area contributed by atoms with Crippen LogP contribution < -0.4 is 24.3 Å². The van der Waals surface area contributed by atoms with E-state index in [4.69, 9.17) is 18.9 Å². The third-order valence-corrected chi connectivity index (χ3v) is 4.56. The van der Waals surface area contributed by atoms with E-state index in [0.29, 0.717) is 23.7 Å². The maximum Gasteiger partial charge on any atom is 0.241 e. The lowest BCUT2D eigenvalue weighted by atomic mass is 10.1. The molecule has 0 aliphatic carbocycles. The molecule has 1 atom stereocenters. The van der Waals surface area contributed by atoms with Gasteiger partial charge in [-0.2, -0.15) is 0 Å². The minimum Gasteiger partial charge on any atom is -0.493 e. The second-order valence-corrected chi connectivity index (χ2v) is 6.34. The molecule has 0 unspecified atom stereocenters. The number of anilines is 1. The van der Waals surface area contributed by atoms with Gasteiger partial charge in [0.05, 0.1) is 20.3 Å². The molecule has 0 aromatic heterocycles. The Morgan fingerprint density at radius 1 is 1.11 bits per heavy atom. The van der Waals surface area contributed by atoms with Crippen molar-refractivity contribution in [3.63, 3.8) is 0 Å². The van der Waals surface area contributed by atoms with Gasteiger partial charge in [-0.25, -0.2) is 0 Å². The van der Waals surface area contributed by atoms with Crippen molar-refractivity contribution in [3.8, 4) is 23.0 Å². The third kappa shape index (κ3) is 4.25. The summed E-state index contributed by atoms with van der Waals surface area (Å²) in [6.07, 6.45) is 0. The maximum absolute atomic E-state index is 12.6. The number of benzene rings is 2. The van der Waals surface area contributed by atoms with Crippen molar-refractivity contribution in [2.75, 3.05) is 33.4 Å². The van der Waals surface area contributed by atoms with Crippen LogP contribution in [0.3, 0.4) is 0 Å². The molecule has 0 bridgehead atoms. The molecule has 0 fully saturated rings. The average Bonchev–Trinajstić information content (AvgIpc) is 3.14. The first-order valence-corrected chi connectivity index (χ1v) is 8.63. The number of hydrogen-bond acceptors (Lipinski definition) is 6. The molecule has 0 saturated heterocycles. The minimum atomic E-state index is -0.330. The van der Waals surface area contributed by atoms with Gasteiger partial charge in [-0.3, -0.25) is 9.69 Å². The van der Waals surface area contributed by atoms with E-state index >= 15 is 0 Å². The Morgan fingerprint density at radius 2 is 1.85 bits per heavy atom. The van der Waals surface area contributed by atoms with Gasteiger partial charge >= 0.3 is 0 Å². The number of fused-ring (bicyclic) bond motifs is 1. The fourth-order valence-corrected chi connectivity index (χ4v) is 2.83. The van der Waals surface area contributed by atoms with Crippen LogP contribution in [-0.4, -0.2) is 44.9 Å². The summed E-state index contributed by atoms with van der Waals surface area (Å²) in [5.74, 6) is 2.56. The molecular weight excluding hydrogens is 348 g/mol. The van der Waals surface area contributed by atoms with Crippen molar-refractivity contribution in [2.24, 2.45) is 0 Å². The Hall–Kier alpha value is -2.93. The van der Waals surface area contributed by atoms with Gasteiger partial charge in [-0.1, -0.05) is 6.07 Å². The van der Waals surface area contributed by atoms with Crippen molar-refractivity contribution in [3.05, 3.63) is 42.0 Å². The van der Waals surface area contributed by atoms with Gasteiger partial charge in [0.25, 0.3) is 0 Å². The van der Waals surface area contributed by atoms with Crippen LogP contribution >= 0.6 is 0 Å². The first-order chi connectivity index (χ1) is 13.0. The molecule has 3 rings (SSSR count). The quantitative estimate of drug-likeness (QED) is 0.806. The van der Waals surface area contributed by atoms with Crippen LogP contribution in [0.5, 0.6) is 23.0 Å². The van der Waals surface area contributed by atoms with E-state index in [1.165, 1.54) is 0 Å². The second kappa shape index (κ2) is 8.18. The number of nitrogens with one attached hydrogen (secondary N) is 1. The fourth-order valence-electron chi connectivity index (χ4n) is 2.83. The van der Waals surface area contributed by atoms with Crippen LogP contribution in [0.25, 0.3) is 0 Å². The zero-order valence-electron chi connectivity index (χ0n) is 15.9. The van der Waals surface area contributed by atoms with Gasteiger partial charge < -0.3 is 24.3 Å². The second-order valence-electron chi connectivity index (χ2n) is 6.34. The number of nitrogens with zero attached hydrogens (tertiary/aromatic N) is 1. The summed E-state index contributed by atoms with van der Waals surface area (Å²) in [7, 11) is 5.04. The van der Waals surface area contributed by atoms with E-state index in [1.807, 2.05) is 37.1 Å². The Morgan fingerprint density at radius 3 is 2.59 bits per heavy atom. The highest BCUT2D eigenvalue weighted by Gasteiger charge is 2.20. The summed E-state index contributed by atoms with van der Waals surface area (Å²) in [6, 6.07) is 10.8. The highest BCUT2D eigenvalue weighted by Crippen LogP contribution is 2.33. The van der Waals surface area contributed by atoms with Gasteiger partial charge in [0.2, 0.25) is 12.7 Å². The molecule has 2 aromatic carbocycles. The van der Waals surface area contributed by atoms with Gasteiger partial charge in [-0.15, -0.1) is 0 Å². The predicted molar refractivity (Wildman–Crippen MR) is 102 cm³/mol. The minimum absolute atomic E-state index is 0.106. The number of likely N-dealkylation sites (N-methyl/N-ethyl adjacent to an activating group) is 1. The fraction of sp³-hybridized carbons (Fsp3) is 0.350. The Kier molecular flexibility index (Phi) is 5.71. The summed E-state index contributed by atoms with van der Waals surface area (Å²) < 4.78 is 21.2. The van der Waals surface area contributed by atoms with Gasteiger partial charge in [0.15, 0.2) is 23.0 Å². The molecule has 27 heavy (non-hydrogen) atoms. The monoisotopic (exact) mass is 372 g/mol. The number of rotatable bonds is 7. The topological polar surface area (TPSA) is 69.3 Å². The molecule has 1 amide bonds. The molecule has 0 saturated carbocycles. The molecule has 7 nitrogen and oxygen atoms in total. The lowest BCUT2D eigenvalue weighted by Gasteiger charge is -2.24. The molecule has 0 radical (unpaired) electrons. The average molecular weight is 372 g/mol. The molecule has 2 aromatic rings. The van der Waals surface area contributed by atoms with Gasteiger partial charge in [0, 0.05) is 18.3 Å². The summed E-state index contributed by atoms with van der Waals surface area (Å²) in [5.41, 5.74) is 1.70. The Balaban J connectivity index is 1.62. The van der Waals surface area contributed by atoms with Crippen LogP contribution in [0.1, 0.15) is 12.5 Å². The highest BCUT2D eigenvalue weighted by molar-refractivity contribution is 5.94. The predicted octanol–water partition coefficient (Wildman–Crippen LogP) is 2.89. The Labute approximate surface area is 158 Å². The van der Waals surface area contributed by atoms with Crippen LogP contribution in [0.15, 0.2) is 36.4 Å². The van der Waals surface area contributed by atoms with Crippen molar-refractivity contribution in [2.45, 2.75) is 19.5 Å². The largest absolute Gasteiger partial charge is 0.493 e. The van der Waals surface area contributed by atoms with Gasteiger partial charge in [0.1, 0.15) is 0 Å². The number of methoxy groups -OCH3 is 2. The number of hydrogen-bond donors (Lipinski definition) is 1. The standard InChI is InChI=1S/C20H24N2O5/c1-13(20(23)21-15-6-8-16(24-3)18(10-15)25-4)22(2)11-14-5-7-17-19(9-14)27-12-26-17/h5-10,13H,11-12H2,1-4H3,(H,21,23)/t13-/m1/s1. The number of amides is 1.